The molecule has 0 aromatic heterocycles. The summed E-state index contributed by atoms with van der Waals surface area (Å²) in [5, 5.41) is 9.03. The molecule has 0 bridgehead atoms. The predicted molar refractivity (Wildman–Crippen MR) is 94.1 cm³/mol. The molecular formula is C17H25N3O2S. The van der Waals surface area contributed by atoms with Crippen molar-refractivity contribution in [3.63, 3.8) is 0 Å². The number of para-hydroxylation sites is 1. The van der Waals surface area contributed by atoms with Gasteiger partial charge in [0.05, 0.1) is 18.3 Å². The van der Waals surface area contributed by atoms with Crippen LogP contribution in [0, 0.1) is 0 Å². The van der Waals surface area contributed by atoms with Crippen LogP contribution in [0.2, 0.25) is 0 Å². The molecule has 1 N–H and O–H groups in total. The lowest BCUT2D eigenvalue weighted by atomic mass is 10.1. The number of thioether (sulfide) groups is 1. The third kappa shape index (κ3) is 3.71. The van der Waals surface area contributed by atoms with E-state index in [2.05, 4.69) is 15.9 Å². The zero-order valence-corrected chi connectivity index (χ0v) is 14.5. The summed E-state index contributed by atoms with van der Waals surface area (Å²) in [5.74, 6) is 1.16. The molecular weight excluding hydrogens is 310 g/mol. The normalized spacial score (nSPS) is 21.0. The van der Waals surface area contributed by atoms with Crippen molar-refractivity contribution in [2.45, 2.75) is 17.9 Å². The maximum absolute atomic E-state index is 13.0. The van der Waals surface area contributed by atoms with Gasteiger partial charge >= 0.3 is 0 Å². The number of aliphatic hydroxyl groups is 1. The Morgan fingerprint density at radius 2 is 1.96 bits per heavy atom. The zero-order chi connectivity index (χ0) is 16.2. The number of carbonyl (C=O) groups excluding carboxylic acids is 1. The molecule has 1 saturated heterocycles. The number of rotatable bonds is 4. The summed E-state index contributed by atoms with van der Waals surface area (Å²) in [5.41, 5.74) is 1.06. The monoisotopic (exact) mass is 335 g/mol. The minimum Gasteiger partial charge on any atom is -0.395 e. The van der Waals surface area contributed by atoms with Crippen molar-refractivity contribution in [2.24, 2.45) is 0 Å². The Hall–Kier alpha value is -1.08. The molecule has 5 nitrogen and oxygen atoms in total. The predicted octanol–water partition coefficient (Wildman–Crippen LogP) is 1.12. The van der Waals surface area contributed by atoms with Crippen LogP contribution >= 0.6 is 11.8 Å². The van der Waals surface area contributed by atoms with E-state index >= 15 is 0 Å². The third-order valence-electron chi connectivity index (χ3n) is 4.72. The molecule has 126 valence electrons. The first-order chi connectivity index (χ1) is 11.2. The molecule has 0 saturated carbocycles. The molecule has 6 heteroatoms. The Kier molecular flexibility index (Phi) is 5.58. The maximum atomic E-state index is 13.0. The molecule has 2 aliphatic heterocycles. The van der Waals surface area contributed by atoms with Crippen LogP contribution in [-0.2, 0) is 4.79 Å². The first kappa shape index (κ1) is 16.8. The molecule has 0 aliphatic carbocycles. The molecule has 1 atom stereocenters. The smallest absolute Gasteiger partial charge is 0.244 e. The van der Waals surface area contributed by atoms with Gasteiger partial charge in [0.2, 0.25) is 5.91 Å². The van der Waals surface area contributed by atoms with Crippen LogP contribution in [0.1, 0.15) is 6.92 Å². The van der Waals surface area contributed by atoms with Crippen molar-refractivity contribution in [3.05, 3.63) is 24.3 Å². The molecule has 0 radical (unpaired) electrons. The Morgan fingerprint density at radius 1 is 1.22 bits per heavy atom. The summed E-state index contributed by atoms with van der Waals surface area (Å²) in [6.45, 7) is 7.36. The van der Waals surface area contributed by atoms with Gasteiger partial charge in [0.25, 0.3) is 0 Å². The van der Waals surface area contributed by atoms with Gasteiger partial charge in [-0.15, -0.1) is 11.8 Å². The van der Waals surface area contributed by atoms with Gasteiger partial charge in [0.15, 0.2) is 0 Å². The zero-order valence-electron chi connectivity index (χ0n) is 13.6. The number of fused-ring (bicyclic) bond motifs is 1. The molecule has 0 unspecified atom stereocenters. The van der Waals surface area contributed by atoms with Crippen molar-refractivity contribution in [2.75, 3.05) is 56.5 Å². The highest BCUT2D eigenvalue weighted by atomic mass is 32.2. The highest BCUT2D eigenvalue weighted by Crippen LogP contribution is 2.34. The summed E-state index contributed by atoms with van der Waals surface area (Å²) in [7, 11) is 0. The van der Waals surface area contributed by atoms with Gasteiger partial charge in [0.1, 0.15) is 0 Å². The Labute approximate surface area is 142 Å². The number of aliphatic hydroxyl groups excluding tert-OH is 1. The number of benzene rings is 1. The van der Waals surface area contributed by atoms with Crippen molar-refractivity contribution >= 4 is 23.4 Å². The second-order valence-corrected chi connectivity index (χ2v) is 7.22. The van der Waals surface area contributed by atoms with Crippen LogP contribution in [-0.4, -0.2) is 78.5 Å². The number of anilines is 1. The largest absolute Gasteiger partial charge is 0.395 e. The van der Waals surface area contributed by atoms with Crippen LogP contribution in [0.25, 0.3) is 0 Å². The van der Waals surface area contributed by atoms with Gasteiger partial charge in [-0.25, -0.2) is 0 Å². The van der Waals surface area contributed by atoms with Gasteiger partial charge in [-0.1, -0.05) is 12.1 Å². The fourth-order valence-electron chi connectivity index (χ4n) is 3.30. The van der Waals surface area contributed by atoms with Crippen molar-refractivity contribution < 1.29 is 9.90 Å². The standard InChI is InChI=1S/C17H25N3O2S/c1-14(19-8-6-18(7-9-19)10-12-21)17(22)20-11-13-23-16-5-3-2-4-15(16)20/h2-5,14,21H,6-13H2,1H3/t14-/m0/s1. The average Bonchev–Trinajstić information content (AvgIpc) is 2.61. The quantitative estimate of drug-likeness (QED) is 0.894. The van der Waals surface area contributed by atoms with Gasteiger partial charge in [-0.2, -0.15) is 0 Å². The molecule has 2 heterocycles. The molecule has 3 rings (SSSR count). The van der Waals surface area contributed by atoms with E-state index in [1.54, 1.807) is 0 Å². The van der Waals surface area contributed by atoms with E-state index in [4.69, 9.17) is 5.11 Å². The van der Waals surface area contributed by atoms with Crippen LogP contribution in [0.3, 0.4) is 0 Å². The van der Waals surface area contributed by atoms with Crippen LogP contribution in [0.15, 0.2) is 29.2 Å². The van der Waals surface area contributed by atoms with Crippen LogP contribution < -0.4 is 4.90 Å². The summed E-state index contributed by atoms with van der Waals surface area (Å²) in [4.78, 5) is 20.7. The van der Waals surface area contributed by atoms with Crippen LogP contribution in [0.4, 0.5) is 5.69 Å². The molecule has 23 heavy (non-hydrogen) atoms. The van der Waals surface area contributed by atoms with Gasteiger partial charge in [-0.05, 0) is 19.1 Å². The fraction of sp³-hybridized carbons (Fsp3) is 0.588. The fourth-order valence-corrected chi connectivity index (χ4v) is 4.29. The Balaban J connectivity index is 1.65. The maximum Gasteiger partial charge on any atom is 0.244 e. The molecule has 1 amide bonds. The van der Waals surface area contributed by atoms with Crippen molar-refractivity contribution in [1.29, 1.82) is 0 Å². The lowest BCUT2D eigenvalue weighted by molar-refractivity contribution is -0.124. The third-order valence-corrected chi connectivity index (χ3v) is 5.77. The summed E-state index contributed by atoms with van der Waals surface area (Å²) in [6, 6.07) is 8.08. The molecule has 1 fully saturated rings. The van der Waals surface area contributed by atoms with E-state index in [-0.39, 0.29) is 18.6 Å². The molecule has 1 aromatic rings. The Morgan fingerprint density at radius 3 is 2.70 bits per heavy atom. The second-order valence-electron chi connectivity index (χ2n) is 6.08. The molecule has 1 aromatic carbocycles. The number of amides is 1. The van der Waals surface area contributed by atoms with E-state index in [9.17, 15) is 4.79 Å². The van der Waals surface area contributed by atoms with E-state index in [1.807, 2.05) is 41.8 Å². The lowest BCUT2D eigenvalue weighted by Gasteiger charge is -2.39. The number of nitrogens with zero attached hydrogens (tertiary/aromatic N) is 3. The Bertz CT molecular complexity index is 546. The second kappa shape index (κ2) is 7.66. The topological polar surface area (TPSA) is 47.0 Å². The summed E-state index contributed by atoms with van der Waals surface area (Å²) in [6.07, 6.45) is 0. The van der Waals surface area contributed by atoms with Gasteiger partial charge in [-0.3, -0.25) is 14.6 Å². The van der Waals surface area contributed by atoms with E-state index in [1.165, 1.54) is 4.90 Å². The molecule has 0 spiro atoms. The number of piperazine rings is 1. The first-order valence-electron chi connectivity index (χ1n) is 8.31. The van der Waals surface area contributed by atoms with Crippen LogP contribution in [0.5, 0.6) is 0 Å². The van der Waals surface area contributed by atoms with Gasteiger partial charge in [0, 0.05) is 49.9 Å². The molecule has 2 aliphatic rings. The van der Waals surface area contributed by atoms with Crippen molar-refractivity contribution in [1.82, 2.24) is 9.80 Å². The van der Waals surface area contributed by atoms with E-state index in [0.717, 1.165) is 50.7 Å². The SMILES string of the molecule is C[C@@H](C(=O)N1CCSc2ccccc21)N1CCN(CCO)CC1. The van der Waals surface area contributed by atoms with E-state index < -0.39 is 0 Å². The van der Waals surface area contributed by atoms with Gasteiger partial charge < -0.3 is 10.0 Å². The summed E-state index contributed by atoms with van der Waals surface area (Å²) < 4.78 is 0. The lowest BCUT2D eigenvalue weighted by Crippen LogP contribution is -2.55. The number of β-amino-alcohol motifs (C(OH)–C–C–N with tert-alkyl or cyclic N) is 1. The minimum absolute atomic E-state index is 0.0950. The highest BCUT2D eigenvalue weighted by Gasteiger charge is 2.31. The number of hydrogen-bond acceptors (Lipinski definition) is 5. The van der Waals surface area contributed by atoms with Crippen molar-refractivity contribution in [3.8, 4) is 0 Å². The average molecular weight is 335 g/mol. The number of carbonyl (C=O) groups is 1. The summed E-state index contributed by atoms with van der Waals surface area (Å²) >= 11 is 1.83. The van der Waals surface area contributed by atoms with E-state index in [0.29, 0.717) is 0 Å². The highest BCUT2D eigenvalue weighted by molar-refractivity contribution is 7.99. The number of hydrogen-bond donors (Lipinski definition) is 1. The minimum atomic E-state index is -0.0950. The first-order valence-corrected chi connectivity index (χ1v) is 9.29.